The molecule has 4 nitrogen and oxygen atoms in total. The summed E-state index contributed by atoms with van der Waals surface area (Å²) in [5.74, 6) is 1.15. The van der Waals surface area contributed by atoms with E-state index < -0.39 is 5.60 Å². The molecule has 4 heteroatoms. The van der Waals surface area contributed by atoms with Crippen LogP contribution in [0, 0.1) is 5.92 Å². The molecule has 1 aromatic carbocycles. The highest BCUT2D eigenvalue weighted by Crippen LogP contribution is 2.16. The molecule has 0 saturated carbocycles. The Bertz CT molecular complexity index is 446. The second kappa shape index (κ2) is 7.34. The van der Waals surface area contributed by atoms with Gasteiger partial charge >= 0.3 is 6.09 Å². The first-order valence-corrected chi connectivity index (χ1v) is 7.33. The second-order valence-corrected chi connectivity index (χ2v) is 6.55. The monoisotopic (exact) mass is 293 g/mol. The third kappa shape index (κ3) is 6.52. The van der Waals surface area contributed by atoms with Crippen molar-refractivity contribution in [2.75, 3.05) is 7.11 Å². The number of alkyl carbamates (subject to hydrolysis) is 1. The summed E-state index contributed by atoms with van der Waals surface area (Å²) in [5.41, 5.74) is 0.677. The van der Waals surface area contributed by atoms with Gasteiger partial charge in [0.2, 0.25) is 0 Å². The van der Waals surface area contributed by atoms with Crippen molar-refractivity contribution in [1.29, 1.82) is 0 Å². The lowest BCUT2D eigenvalue weighted by Gasteiger charge is -2.26. The van der Waals surface area contributed by atoms with Crippen LogP contribution in [0.1, 0.15) is 40.2 Å². The summed E-state index contributed by atoms with van der Waals surface area (Å²) in [4.78, 5) is 11.9. The lowest BCUT2D eigenvalue weighted by atomic mass is 9.96. The first-order chi connectivity index (χ1) is 9.71. The van der Waals surface area contributed by atoms with E-state index in [9.17, 15) is 4.79 Å². The van der Waals surface area contributed by atoms with Crippen molar-refractivity contribution in [3.63, 3.8) is 0 Å². The summed E-state index contributed by atoms with van der Waals surface area (Å²) >= 11 is 0. The molecule has 1 N–H and O–H groups in total. The fourth-order valence-corrected chi connectivity index (χ4v) is 1.93. The van der Waals surface area contributed by atoms with Gasteiger partial charge < -0.3 is 14.8 Å². The third-order valence-electron chi connectivity index (χ3n) is 3.12. The summed E-state index contributed by atoms with van der Waals surface area (Å²) in [6, 6.07) is 7.93. The molecule has 1 amide bonds. The fourth-order valence-electron chi connectivity index (χ4n) is 1.93. The largest absolute Gasteiger partial charge is 0.497 e. The number of benzene rings is 1. The van der Waals surface area contributed by atoms with Crippen LogP contribution in [0.2, 0.25) is 0 Å². The molecule has 0 fully saturated rings. The highest BCUT2D eigenvalue weighted by molar-refractivity contribution is 5.68. The van der Waals surface area contributed by atoms with Gasteiger partial charge in [-0.05, 0) is 50.8 Å². The Morgan fingerprint density at radius 3 is 2.19 bits per heavy atom. The first-order valence-electron chi connectivity index (χ1n) is 7.33. The topological polar surface area (TPSA) is 47.6 Å². The number of ether oxygens (including phenoxy) is 2. The molecular weight excluding hydrogens is 266 g/mol. The maximum atomic E-state index is 11.9. The molecule has 0 spiro atoms. The maximum Gasteiger partial charge on any atom is 0.407 e. The molecule has 1 aromatic rings. The SMILES string of the molecule is COc1ccc(C[C@@H](NC(=O)OC(C)(C)C)C(C)C)cc1. The van der Waals surface area contributed by atoms with Crippen molar-refractivity contribution < 1.29 is 14.3 Å². The van der Waals surface area contributed by atoms with Crippen LogP contribution < -0.4 is 10.1 Å². The highest BCUT2D eigenvalue weighted by atomic mass is 16.6. The van der Waals surface area contributed by atoms with Crippen molar-refractivity contribution in [1.82, 2.24) is 5.32 Å². The van der Waals surface area contributed by atoms with E-state index in [4.69, 9.17) is 9.47 Å². The van der Waals surface area contributed by atoms with Gasteiger partial charge in [0.15, 0.2) is 0 Å². The van der Waals surface area contributed by atoms with E-state index >= 15 is 0 Å². The number of methoxy groups -OCH3 is 1. The molecule has 118 valence electrons. The summed E-state index contributed by atoms with van der Waals surface area (Å²) in [7, 11) is 1.65. The Kier molecular flexibility index (Phi) is 6.06. The lowest BCUT2D eigenvalue weighted by Crippen LogP contribution is -2.42. The van der Waals surface area contributed by atoms with Crippen LogP contribution in [-0.2, 0) is 11.2 Å². The summed E-state index contributed by atoms with van der Waals surface area (Å²) in [6.45, 7) is 9.76. The minimum Gasteiger partial charge on any atom is -0.497 e. The first kappa shape index (κ1) is 17.3. The average Bonchev–Trinajstić information content (AvgIpc) is 2.36. The Morgan fingerprint density at radius 2 is 1.76 bits per heavy atom. The van der Waals surface area contributed by atoms with Gasteiger partial charge in [0.1, 0.15) is 11.4 Å². The predicted molar refractivity (Wildman–Crippen MR) is 84.7 cm³/mol. The number of carbonyl (C=O) groups excluding carboxylic acids is 1. The number of hydrogen-bond donors (Lipinski definition) is 1. The van der Waals surface area contributed by atoms with Gasteiger partial charge in [0.25, 0.3) is 0 Å². The zero-order valence-electron chi connectivity index (χ0n) is 13.9. The normalized spacial score (nSPS) is 12.9. The van der Waals surface area contributed by atoms with E-state index in [1.807, 2.05) is 45.0 Å². The molecule has 0 aliphatic rings. The van der Waals surface area contributed by atoms with Crippen LogP contribution in [-0.4, -0.2) is 24.8 Å². The summed E-state index contributed by atoms with van der Waals surface area (Å²) in [5, 5.41) is 2.96. The van der Waals surface area contributed by atoms with Crippen LogP contribution in [0.25, 0.3) is 0 Å². The molecule has 0 radical (unpaired) electrons. The molecule has 1 atom stereocenters. The van der Waals surface area contributed by atoms with Crippen LogP contribution in [0.5, 0.6) is 5.75 Å². The van der Waals surface area contributed by atoms with Crippen LogP contribution in [0.15, 0.2) is 24.3 Å². The van der Waals surface area contributed by atoms with Gasteiger partial charge in [0.05, 0.1) is 7.11 Å². The van der Waals surface area contributed by atoms with Gasteiger partial charge in [-0.1, -0.05) is 26.0 Å². The van der Waals surface area contributed by atoms with Gasteiger partial charge in [-0.2, -0.15) is 0 Å². The van der Waals surface area contributed by atoms with E-state index in [1.165, 1.54) is 0 Å². The average molecular weight is 293 g/mol. The second-order valence-electron chi connectivity index (χ2n) is 6.55. The lowest BCUT2D eigenvalue weighted by molar-refractivity contribution is 0.0490. The van der Waals surface area contributed by atoms with Crippen molar-refractivity contribution in [2.24, 2.45) is 5.92 Å². The zero-order chi connectivity index (χ0) is 16.0. The molecule has 0 saturated heterocycles. The van der Waals surface area contributed by atoms with E-state index in [1.54, 1.807) is 7.11 Å². The quantitative estimate of drug-likeness (QED) is 0.898. The third-order valence-corrected chi connectivity index (χ3v) is 3.12. The molecule has 1 rings (SSSR count). The number of amides is 1. The minimum atomic E-state index is -0.480. The van der Waals surface area contributed by atoms with Gasteiger partial charge in [-0.25, -0.2) is 4.79 Å². The fraction of sp³-hybridized carbons (Fsp3) is 0.588. The zero-order valence-corrected chi connectivity index (χ0v) is 13.9. The maximum absolute atomic E-state index is 11.9. The molecule has 0 aromatic heterocycles. The van der Waals surface area contributed by atoms with E-state index in [0.717, 1.165) is 17.7 Å². The Labute approximate surface area is 127 Å². The summed E-state index contributed by atoms with van der Waals surface area (Å²) < 4.78 is 10.5. The van der Waals surface area contributed by atoms with Crippen molar-refractivity contribution in [3.05, 3.63) is 29.8 Å². The highest BCUT2D eigenvalue weighted by Gasteiger charge is 2.21. The summed E-state index contributed by atoms with van der Waals surface area (Å²) in [6.07, 6.45) is 0.399. The van der Waals surface area contributed by atoms with Gasteiger partial charge in [0, 0.05) is 6.04 Å². The number of hydrogen-bond acceptors (Lipinski definition) is 3. The molecule has 0 aliphatic carbocycles. The molecular formula is C17H27NO3. The molecule has 0 heterocycles. The van der Waals surface area contributed by atoms with E-state index in [-0.39, 0.29) is 12.1 Å². The van der Waals surface area contributed by atoms with Crippen LogP contribution in [0.4, 0.5) is 4.79 Å². The van der Waals surface area contributed by atoms with Crippen molar-refractivity contribution >= 4 is 6.09 Å². The van der Waals surface area contributed by atoms with Crippen molar-refractivity contribution in [3.8, 4) is 5.75 Å². The van der Waals surface area contributed by atoms with Gasteiger partial charge in [-0.15, -0.1) is 0 Å². The van der Waals surface area contributed by atoms with E-state index in [0.29, 0.717) is 5.92 Å². The Balaban J connectivity index is 2.66. The number of rotatable bonds is 5. The minimum absolute atomic E-state index is 0.0354. The smallest absolute Gasteiger partial charge is 0.407 e. The number of nitrogens with one attached hydrogen (secondary N) is 1. The van der Waals surface area contributed by atoms with Crippen molar-refractivity contribution in [2.45, 2.75) is 52.7 Å². The molecule has 0 aliphatic heterocycles. The van der Waals surface area contributed by atoms with Crippen LogP contribution in [0.3, 0.4) is 0 Å². The molecule has 0 bridgehead atoms. The molecule has 0 unspecified atom stereocenters. The predicted octanol–water partition coefficient (Wildman–Crippen LogP) is 3.79. The molecule has 21 heavy (non-hydrogen) atoms. The van der Waals surface area contributed by atoms with Crippen LogP contribution >= 0.6 is 0 Å². The Hall–Kier alpha value is -1.71. The Morgan fingerprint density at radius 1 is 1.19 bits per heavy atom. The standard InChI is InChI=1S/C17H27NO3/c1-12(2)15(18-16(19)21-17(3,4)5)11-13-7-9-14(20-6)10-8-13/h7-10,12,15H,11H2,1-6H3,(H,18,19)/t15-/m1/s1. The van der Waals surface area contributed by atoms with Gasteiger partial charge in [-0.3, -0.25) is 0 Å². The van der Waals surface area contributed by atoms with E-state index in [2.05, 4.69) is 19.2 Å². The number of carbonyl (C=O) groups is 1.